The van der Waals surface area contributed by atoms with E-state index in [0.29, 0.717) is 5.56 Å². The molecule has 1 heterocycles. The highest BCUT2D eigenvalue weighted by molar-refractivity contribution is 5.87. The maximum Gasteiger partial charge on any atom is 0.333 e. The molecule has 0 radical (unpaired) electrons. The third-order valence-electron chi connectivity index (χ3n) is 4.25. The molecule has 0 aromatic heterocycles. The maximum atomic E-state index is 12.3. The van der Waals surface area contributed by atoms with Crippen molar-refractivity contribution in [3.63, 3.8) is 0 Å². The summed E-state index contributed by atoms with van der Waals surface area (Å²) >= 11 is 0. The van der Waals surface area contributed by atoms with Gasteiger partial charge in [0.25, 0.3) is 0 Å². The number of phenols is 1. The topological polar surface area (TPSA) is 158 Å². The second kappa shape index (κ2) is 10.8. The summed E-state index contributed by atoms with van der Waals surface area (Å²) in [5.74, 6) is -2.37. The summed E-state index contributed by atoms with van der Waals surface area (Å²) < 4.78 is 25.6. The van der Waals surface area contributed by atoms with E-state index in [1.807, 2.05) is 0 Å². The van der Waals surface area contributed by atoms with Crippen molar-refractivity contribution in [2.24, 2.45) is 0 Å². The van der Waals surface area contributed by atoms with Gasteiger partial charge < -0.3 is 39.0 Å². The second-order valence-corrected chi connectivity index (χ2v) is 6.57. The lowest BCUT2D eigenvalue weighted by Crippen LogP contribution is -2.61. The van der Waals surface area contributed by atoms with E-state index in [9.17, 15) is 29.7 Å². The molecule has 1 aromatic carbocycles. The van der Waals surface area contributed by atoms with Gasteiger partial charge in [0.15, 0.2) is 17.6 Å². The van der Waals surface area contributed by atoms with Gasteiger partial charge in [-0.15, -0.1) is 0 Å². The number of benzene rings is 1. The highest BCUT2D eigenvalue weighted by Crippen LogP contribution is 2.28. The van der Waals surface area contributed by atoms with E-state index in [0.717, 1.165) is 19.9 Å². The van der Waals surface area contributed by atoms with Crippen molar-refractivity contribution in [1.82, 2.24) is 0 Å². The summed E-state index contributed by atoms with van der Waals surface area (Å²) in [5, 5.41) is 29.3. The number of hydrogen-bond donors (Lipinski definition) is 3. The van der Waals surface area contributed by atoms with Crippen molar-refractivity contribution in [1.29, 1.82) is 0 Å². The van der Waals surface area contributed by atoms with E-state index >= 15 is 0 Å². The van der Waals surface area contributed by atoms with E-state index < -0.39 is 55.2 Å². The number of aromatic hydroxyl groups is 1. The summed E-state index contributed by atoms with van der Waals surface area (Å²) in [6, 6.07) is 4.38. The fraction of sp³-hybridized carbons (Fsp3) is 0.450. The summed E-state index contributed by atoms with van der Waals surface area (Å²) in [6.07, 6.45) is -4.86. The zero-order chi connectivity index (χ0) is 23.1. The zero-order valence-corrected chi connectivity index (χ0v) is 17.1. The van der Waals surface area contributed by atoms with Crippen LogP contribution in [0.2, 0.25) is 0 Å². The Morgan fingerprint density at radius 2 is 1.74 bits per heavy atom. The summed E-state index contributed by atoms with van der Waals surface area (Å²) in [4.78, 5) is 35.2. The zero-order valence-electron chi connectivity index (χ0n) is 17.1. The lowest BCUT2D eigenvalue weighted by Gasteiger charge is -2.42. The molecule has 0 unspecified atom stereocenters. The molecule has 31 heavy (non-hydrogen) atoms. The Labute approximate surface area is 177 Å². The molecule has 0 spiro atoms. The van der Waals surface area contributed by atoms with Crippen LogP contribution in [-0.2, 0) is 33.3 Å². The van der Waals surface area contributed by atoms with Crippen LogP contribution in [0.5, 0.6) is 11.5 Å². The Balaban J connectivity index is 2.20. The molecule has 0 saturated carbocycles. The molecule has 5 atom stereocenters. The van der Waals surface area contributed by atoms with Crippen molar-refractivity contribution in [2.45, 2.75) is 44.6 Å². The number of rotatable bonds is 7. The van der Waals surface area contributed by atoms with Gasteiger partial charge in [-0.1, -0.05) is 6.07 Å². The average Bonchev–Trinajstić information content (AvgIpc) is 2.71. The minimum Gasteiger partial charge on any atom is -0.504 e. The van der Waals surface area contributed by atoms with E-state index in [1.165, 1.54) is 31.4 Å². The normalized spacial score (nSPS) is 25.6. The van der Waals surface area contributed by atoms with Crippen molar-refractivity contribution in [3.8, 4) is 11.5 Å². The number of aliphatic hydroxyl groups is 2. The number of methoxy groups -OCH3 is 1. The monoisotopic (exact) mass is 440 g/mol. The van der Waals surface area contributed by atoms with Crippen LogP contribution in [0.15, 0.2) is 24.3 Å². The molecule has 1 saturated heterocycles. The van der Waals surface area contributed by atoms with E-state index in [-0.39, 0.29) is 11.5 Å². The molecular weight excluding hydrogens is 416 g/mol. The van der Waals surface area contributed by atoms with E-state index in [4.69, 9.17) is 23.7 Å². The molecule has 0 aliphatic carbocycles. The summed E-state index contributed by atoms with van der Waals surface area (Å²) in [6.45, 7) is 1.48. The Hall–Kier alpha value is -3.15. The molecule has 11 nitrogen and oxygen atoms in total. The average molecular weight is 440 g/mol. The Morgan fingerprint density at radius 1 is 1.10 bits per heavy atom. The number of carbonyl (C=O) groups is 3. The predicted molar refractivity (Wildman–Crippen MR) is 103 cm³/mol. The first kappa shape index (κ1) is 24.1. The minimum absolute atomic E-state index is 0.0767. The predicted octanol–water partition coefficient (Wildman–Crippen LogP) is -0.101. The van der Waals surface area contributed by atoms with Crippen LogP contribution in [0, 0.1) is 0 Å². The lowest BCUT2D eigenvalue weighted by molar-refractivity contribution is -0.296. The standard InChI is InChI=1S/C20H24O11/c1-10(22)28-18-17(26)15(9-21)30-20(19(18)29-11(2)23)31-16(25)7-5-12-4-6-13(24)14(8-12)27-3/h4-8,15,17-21,24,26H,9H2,1-3H3/b7-5+/t15-,17-,18+,19-,20+/m1/s1. The molecule has 1 aromatic rings. The van der Waals surface area contributed by atoms with E-state index in [2.05, 4.69) is 0 Å². The van der Waals surface area contributed by atoms with Gasteiger partial charge in [0.2, 0.25) is 12.4 Å². The van der Waals surface area contributed by atoms with Crippen LogP contribution < -0.4 is 4.74 Å². The van der Waals surface area contributed by atoms with Crippen LogP contribution >= 0.6 is 0 Å². The molecular formula is C20H24O11. The van der Waals surface area contributed by atoms with Gasteiger partial charge in [0.05, 0.1) is 13.7 Å². The number of hydrogen-bond acceptors (Lipinski definition) is 11. The molecule has 1 aliphatic rings. The van der Waals surface area contributed by atoms with Crippen molar-refractivity contribution in [2.75, 3.05) is 13.7 Å². The molecule has 11 heteroatoms. The van der Waals surface area contributed by atoms with Crippen LogP contribution in [-0.4, -0.2) is 77.7 Å². The fourth-order valence-corrected chi connectivity index (χ4v) is 2.90. The number of esters is 3. The molecule has 0 bridgehead atoms. The largest absolute Gasteiger partial charge is 0.504 e. The van der Waals surface area contributed by atoms with Crippen molar-refractivity contribution in [3.05, 3.63) is 29.8 Å². The van der Waals surface area contributed by atoms with Gasteiger partial charge in [0, 0.05) is 19.9 Å². The van der Waals surface area contributed by atoms with Gasteiger partial charge in [0.1, 0.15) is 12.2 Å². The number of phenolic OH excluding ortho intramolecular Hbond substituents is 1. The molecule has 3 N–H and O–H groups in total. The molecule has 1 fully saturated rings. The smallest absolute Gasteiger partial charge is 0.333 e. The van der Waals surface area contributed by atoms with Gasteiger partial charge in [-0.3, -0.25) is 9.59 Å². The first-order chi connectivity index (χ1) is 14.7. The van der Waals surface area contributed by atoms with Crippen molar-refractivity contribution < 1.29 is 53.4 Å². The lowest BCUT2D eigenvalue weighted by atomic mass is 9.98. The molecule has 2 rings (SSSR count). The number of ether oxygens (including phenoxy) is 5. The third kappa shape index (κ3) is 6.41. The molecule has 170 valence electrons. The molecule has 0 amide bonds. The SMILES string of the molecule is COc1cc(/C=C/C(=O)O[C@@H]2O[C@H](CO)[C@@H](O)[C@H](OC(C)=O)[C@H]2OC(C)=O)ccc1O. The Bertz CT molecular complexity index is 834. The van der Waals surface area contributed by atoms with Crippen LogP contribution in [0.3, 0.4) is 0 Å². The Morgan fingerprint density at radius 3 is 2.32 bits per heavy atom. The minimum atomic E-state index is -1.57. The number of aliphatic hydroxyl groups excluding tert-OH is 2. The third-order valence-corrected chi connectivity index (χ3v) is 4.25. The van der Waals surface area contributed by atoms with E-state index in [1.54, 1.807) is 0 Å². The van der Waals surface area contributed by atoms with Gasteiger partial charge >= 0.3 is 17.9 Å². The Kier molecular flexibility index (Phi) is 8.37. The highest BCUT2D eigenvalue weighted by atomic mass is 16.7. The van der Waals surface area contributed by atoms with Crippen LogP contribution in [0.4, 0.5) is 0 Å². The van der Waals surface area contributed by atoms with Crippen LogP contribution in [0.25, 0.3) is 6.08 Å². The quantitative estimate of drug-likeness (QED) is 0.295. The van der Waals surface area contributed by atoms with Gasteiger partial charge in [-0.05, 0) is 23.8 Å². The second-order valence-electron chi connectivity index (χ2n) is 6.57. The van der Waals surface area contributed by atoms with Gasteiger partial charge in [-0.2, -0.15) is 0 Å². The number of carbonyl (C=O) groups excluding carboxylic acids is 3. The highest BCUT2D eigenvalue weighted by Gasteiger charge is 2.50. The fourth-order valence-electron chi connectivity index (χ4n) is 2.90. The first-order valence-electron chi connectivity index (χ1n) is 9.20. The maximum absolute atomic E-state index is 12.3. The first-order valence-corrected chi connectivity index (χ1v) is 9.20. The van der Waals surface area contributed by atoms with Crippen LogP contribution in [0.1, 0.15) is 19.4 Å². The summed E-state index contributed by atoms with van der Waals surface area (Å²) in [5.41, 5.74) is 0.508. The van der Waals surface area contributed by atoms with Crippen molar-refractivity contribution >= 4 is 24.0 Å². The summed E-state index contributed by atoms with van der Waals surface area (Å²) in [7, 11) is 1.37. The molecule has 1 aliphatic heterocycles. The van der Waals surface area contributed by atoms with Gasteiger partial charge in [-0.25, -0.2) is 4.79 Å².